The van der Waals surface area contributed by atoms with Gasteiger partial charge in [-0.05, 0) is 28.1 Å². The summed E-state index contributed by atoms with van der Waals surface area (Å²) >= 11 is 10.8. The number of halogens is 2. The third-order valence-electron chi connectivity index (χ3n) is 1.90. The van der Waals surface area contributed by atoms with E-state index in [1.807, 2.05) is 0 Å². The third kappa shape index (κ3) is 3.24. The smallest absolute Gasteiger partial charge is 0.0713 e. The van der Waals surface area contributed by atoms with Crippen LogP contribution in [0.1, 0.15) is 18.7 Å². The van der Waals surface area contributed by atoms with Crippen LogP contribution in [0.3, 0.4) is 0 Å². The van der Waals surface area contributed by atoms with Gasteiger partial charge in [0.1, 0.15) is 0 Å². The second-order valence-corrected chi connectivity index (χ2v) is 6.28. The summed E-state index contributed by atoms with van der Waals surface area (Å²) in [4.78, 5) is 1.37. The lowest BCUT2D eigenvalue weighted by Gasteiger charge is -2.22. The SMILES string of the molecule is CC(C)(CNCCl)c1ccc(Br)s1. The molecule has 0 aliphatic heterocycles. The average Bonchev–Trinajstić information content (AvgIpc) is 2.49. The van der Waals surface area contributed by atoms with Crippen molar-refractivity contribution >= 4 is 38.9 Å². The lowest BCUT2D eigenvalue weighted by Crippen LogP contribution is -2.31. The van der Waals surface area contributed by atoms with Gasteiger partial charge in [-0.25, -0.2) is 0 Å². The summed E-state index contributed by atoms with van der Waals surface area (Å²) in [6, 6.07) is 4.75. The molecule has 0 unspecified atom stereocenters. The highest BCUT2D eigenvalue weighted by Crippen LogP contribution is 2.32. The maximum absolute atomic E-state index is 5.58. The topological polar surface area (TPSA) is 12.0 Å². The van der Waals surface area contributed by atoms with Crippen LogP contribution in [0.4, 0.5) is 0 Å². The number of nitrogens with one attached hydrogen (secondary N) is 1. The summed E-state index contributed by atoms with van der Waals surface area (Å²) in [6.45, 7) is 5.33. The minimum Gasteiger partial charge on any atom is -0.303 e. The number of thiophene rings is 1. The van der Waals surface area contributed by atoms with E-state index in [9.17, 15) is 0 Å². The van der Waals surface area contributed by atoms with E-state index in [-0.39, 0.29) is 5.41 Å². The molecule has 1 rings (SSSR count). The zero-order chi connectivity index (χ0) is 9.90. The van der Waals surface area contributed by atoms with Crippen molar-refractivity contribution in [2.24, 2.45) is 0 Å². The normalized spacial score (nSPS) is 12.0. The Hall–Kier alpha value is 0.430. The Balaban J connectivity index is 2.68. The standard InChI is InChI=1S/C9H13BrClNS/c1-9(2,5-12-6-11)7-3-4-8(10)13-7/h3-4,12H,5-6H2,1-2H3. The monoisotopic (exact) mass is 281 g/mol. The molecule has 1 nitrogen and oxygen atoms in total. The van der Waals surface area contributed by atoms with Gasteiger partial charge < -0.3 is 5.32 Å². The third-order valence-corrected chi connectivity index (χ3v) is 4.08. The van der Waals surface area contributed by atoms with E-state index >= 15 is 0 Å². The molecule has 0 spiro atoms. The average molecular weight is 283 g/mol. The van der Waals surface area contributed by atoms with Crippen LogP contribution in [0.2, 0.25) is 0 Å². The Morgan fingerprint density at radius 3 is 2.69 bits per heavy atom. The van der Waals surface area contributed by atoms with Gasteiger partial charge in [0.05, 0.1) is 9.79 Å². The first-order valence-corrected chi connectivity index (χ1v) is 6.23. The summed E-state index contributed by atoms with van der Waals surface area (Å²) in [7, 11) is 0. The van der Waals surface area contributed by atoms with E-state index in [1.165, 1.54) is 8.66 Å². The van der Waals surface area contributed by atoms with Crippen molar-refractivity contribution in [1.82, 2.24) is 5.32 Å². The van der Waals surface area contributed by atoms with Gasteiger partial charge in [0.2, 0.25) is 0 Å². The molecule has 0 bridgehead atoms. The number of alkyl halides is 1. The Bertz CT molecular complexity index is 272. The van der Waals surface area contributed by atoms with Gasteiger partial charge >= 0.3 is 0 Å². The van der Waals surface area contributed by atoms with Crippen LogP contribution in [-0.4, -0.2) is 12.5 Å². The molecule has 0 fully saturated rings. The number of rotatable bonds is 4. The van der Waals surface area contributed by atoms with E-state index in [1.54, 1.807) is 11.3 Å². The van der Waals surface area contributed by atoms with Gasteiger partial charge in [0, 0.05) is 16.8 Å². The highest BCUT2D eigenvalue weighted by atomic mass is 79.9. The van der Waals surface area contributed by atoms with Crippen molar-refractivity contribution in [1.29, 1.82) is 0 Å². The van der Waals surface area contributed by atoms with Crippen LogP contribution in [0.15, 0.2) is 15.9 Å². The summed E-state index contributed by atoms with van der Waals surface area (Å²) in [6.07, 6.45) is 0. The van der Waals surface area contributed by atoms with E-state index < -0.39 is 0 Å². The molecular weight excluding hydrogens is 270 g/mol. The van der Waals surface area contributed by atoms with Crippen molar-refractivity contribution in [2.75, 3.05) is 12.5 Å². The second-order valence-electron chi connectivity index (χ2n) is 3.55. The van der Waals surface area contributed by atoms with Gasteiger partial charge in [0.25, 0.3) is 0 Å². The summed E-state index contributed by atoms with van der Waals surface area (Å²) in [5.41, 5.74) is 0.158. The first kappa shape index (κ1) is 11.5. The molecule has 0 aliphatic carbocycles. The molecule has 0 radical (unpaired) electrons. The quantitative estimate of drug-likeness (QED) is 0.657. The van der Waals surface area contributed by atoms with Gasteiger partial charge in [-0.15, -0.1) is 22.9 Å². The molecule has 0 amide bonds. The molecule has 0 saturated heterocycles. The van der Waals surface area contributed by atoms with Crippen LogP contribution >= 0.6 is 38.9 Å². The van der Waals surface area contributed by atoms with E-state index in [4.69, 9.17) is 11.6 Å². The molecule has 1 aromatic rings. The maximum Gasteiger partial charge on any atom is 0.0713 e. The minimum absolute atomic E-state index is 0.158. The van der Waals surface area contributed by atoms with Crippen molar-refractivity contribution in [3.8, 4) is 0 Å². The van der Waals surface area contributed by atoms with Crippen LogP contribution in [0.5, 0.6) is 0 Å². The Labute approximate surface area is 96.6 Å². The van der Waals surface area contributed by atoms with Gasteiger partial charge in [-0.2, -0.15) is 0 Å². The first-order valence-electron chi connectivity index (χ1n) is 4.09. The maximum atomic E-state index is 5.58. The molecule has 0 saturated carbocycles. The number of hydrogen-bond donors (Lipinski definition) is 1. The molecule has 0 atom stereocenters. The fourth-order valence-corrected chi connectivity index (χ4v) is 2.71. The Morgan fingerprint density at radius 2 is 2.23 bits per heavy atom. The number of hydrogen-bond acceptors (Lipinski definition) is 2. The van der Waals surface area contributed by atoms with Crippen molar-refractivity contribution in [3.63, 3.8) is 0 Å². The molecule has 0 aliphatic rings. The van der Waals surface area contributed by atoms with Gasteiger partial charge in [0.15, 0.2) is 0 Å². The molecule has 74 valence electrons. The largest absolute Gasteiger partial charge is 0.303 e. The summed E-state index contributed by atoms with van der Waals surface area (Å²) in [5, 5.41) is 3.15. The van der Waals surface area contributed by atoms with Crippen molar-refractivity contribution in [3.05, 3.63) is 20.8 Å². The molecule has 4 heteroatoms. The predicted molar refractivity (Wildman–Crippen MR) is 63.8 cm³/mol. The first-order chi connectivity index (χ1) is 6.06. The molecule has 1 aromatic heterocycles. The zero-order valence-electron chi connectivity index (χ0n) is 7.73. The highest BCUT2D eigenvalue weighted by Gasteiger charge is 2.21. The molecule has 1 heterocycles. The summed E-state index contributed by atoms with van der Waals surface area (Å²) in [5.74, 6) is 0. The Morgan fingerprint density at radius 1 is 1.54 bits per heavy atom. The van der Waals surface area contributed by atoms with E-state index in [0.29, 0.717) is 6.00 Å². The van der Waals surface area contributed by atoms with Gasteiger partial charge in [-0.3, -0.25) is 0 Å². The summed E-state index contributed by atoms with van der Waals surface area (Å²) < 4.78 is 1.18. The minimum atomic E-state index is 0.158. The fraction of sp³-hybridized carbons (Fsp3) is 0.556. The van der Waals surface area contributed by atoms with Crippen LogP contribution in [-0.2, 0) is 5.41 Å². The van der Waals surface area contributed by atoms with Crippen LogP contribution in [0, 0.1) is 0 Å². The Kier molecular flexibility index (Phi) is 4.23. The van der Waals surface area contributed by atoms with Crippen LogP contribution < -0.4 is 5.32 Å². The lowest BCUT2D eigenvalue weighted by molar-refractivity contribution is 0.498. The van der Waals surface area contributed by atoms with Gasteiger partial charge in [-0.1, -0.05) is 13.8 Å². The van der Waals surface area contributed by atoms with Crippen LogP contribution in [0.25, 0.3) is 0 Å². The fourth-order valence-electron chi connectivity index (χ4n) is 1.12. The molecular formula is C9H13BrClNS. The molecule has 1 N–H and O–H groups in total. The van der Waals surface area contributed by atoms with Crippen molar-refractivity contribution < 1.29 is 0 Å². The molecule has 13 heavy (non-hydrogen) atoms. The highest BCUT2D eigenvalue weighted by molar-refractivity contribution is 9.11. The van der Waals surface area contributed by atoms with Crippen molar-refractivity contribution in [2.45, 2.75) is 19.3 Å². The van der Waals surface area contributed by atoms with E-state index in [0.717, 1.165) is 6.54 Å². The van der Waals surface area contributed by atoms with E-state index in [2.05, 4.69) is 47.2 Å². The predicted octanol–water partition coefficient (Wildman–Crippen LogP) is 3.57. The lowest BCUT2D eigenvalue weighted by atomic mass is 9.92. The zero-order valence-corrected chi connectivity index (χ0v) is 10.9. The second kappa shape index (κ2) is 4.78. The molecule has 0 aromatic carbocycles.